The van der Waals surface area contributed by atoms with E-state index in [4.69, 9.17) is 11.6 Å². The first-order valence-electron chi connectivity index (χ1n) is 10.9. The quantitative estimate of drug-likeness (QED) is 0.330. The molecule has 0 radical (unpaired) electrons. The monoisotopic (exact) mass is 383 g/mol. The molecule has 3 rings (SSSR count). The summed E-state index contributed by atoms with van der Waals surface area (Å²) in [6, 6.07) is 13.0. The second kappa shape index (κ2) is 10.3. The van der Waals surface area contributed by atoms with Crippen LogP contribution in [0.15, 0.2) is 42.6 Å². The van der Waals surface area contributed by atoms with Crippen LogP contribution in [0.2, 0.25) is 5.15 Å². The van der Waals surface area contributed by atoms with E-state index in [-0.39, 0.29) is 0 Å². The van der Waals surface area contributed by atoms with Crippen LogP contribution in [-0.4, -0.2) is 4.98 Å². The van der Waals surface area contributed by atoms with Gasteiger partial charge in [0.1, 0.15) is 5.15 Å². The van der Waals surface area contributed by atoms with E-state index in [0.29, 0.717) is 11.1 Å². The van der Waals surface area contributed by atoms with Crippen molar-refractivity contribution in [3.63, 3.8) is 0 Å². The third kappa shape index (κ3) is 5.82. The zero-order valence-electron chi connectivity index (χ0n) is 17.0. The molecular formula is C25H34ClN. The fourth-order valence-electron chi connectivity index (χ4n) is 4.63. The van der Waals surface area contributed by atoms with Crippen molar-refractivity contribution in [2.45, 2.75) is 77.6 Å². The van der Waals surface area contributed by atoms with E-state index in [0.717, 1.165) is 17.4 Å². The van der Waals surface area contributed by atoms with Gasteiger partial charge in [-0.15, -0.1) is 0 Å². The molecule has 27 heavy (non-hydrogen) atoms. The van der Waals surface area contributed by atoms with Gasteiger partial charge in [0.2, 0.25) is 0 Å². The molecule has 0 bridgehead atoms. The van der Waals surface area contributed by atoms with Crippen molar-refractivity contribution in [2.24, 2.45) is 11.8 Å². The van der Waals surface area contributed by atoms with E-state index in [1.165, 1.54) is 68.9 Å². The van der Waals surface area contributed by atoms with Gasteiger partial charge in [-0.25, -0.2) is 4.98 Å². The summed E-state index contributed by atoms with van der Waals surface area (Å²) in [4.78, 5) is 4.19. The molecule has 1 aromatic carbocycles. The highest BCUT2D eigenvalue weighted by atomic mass is 35.5. The molecule has 1 aromatic heterocycles. The molecule has 0 spiro atoms. The van der Waals surface area contributed by atoms with Crippen molar-refractivity contribution in [3.8, 4) is 11.1 Å². The van der Waals surface area contributed by atoms with Gasteiger partial charge in [0, 0.05) is 11.8 Å². The van der Waals surface area contributed by atoms with E-state index in [1.807, 2.05) is 18.3 Å². The van der Waals surface area contributed by atoms with Crippen molar-refractivity contribution in [2.75, 3.05) is 0 Å². The van der Waals surface area contributed by atoms with Gasteiger partial charge < -0.3 is 0 Å². The summed E-state index contributed by atoms with van der Waals surface area (Å²) >= 11 is 5.89. The van der Waals surface area contributed by atoms with Crippen LogP contribution >= 0.6 is 11.6 Å². The molecule has 1 atom stereocenters. The summed E-state index contributed by atoms with van der Waals surface area (Å²) in [5.74, 6) is 2.49. The highest BCUT2D eigenvalue weighted by Crippen LogP contribution is 2.39. The van der Waals surface area contributed by atoms with Gasteiger partial charge in [0.05, 0.1) is 0 Å². The molecule has 0 aliphatic heterocycles. The largest absolute Gasteiger partial charge is 0.244 e. The van der Waals surface area contributed by atoms with Gasteiger partial charge in [-0.3, -0.25) is 0 Å². The zero-order chi connectivity index (χ0) is 19.1. The number of rotatable bonds is 8. The topological polar surface area (TPSA) is 12.9 Å². The van der Waals surface area contributed by atoms with Gasteiger partial charge in [0.15, 0.2) is 0 Å². The van der Waals surface area contributed by atoms with Crippen LogP contribution in [-0.2, 0) is 0 Å². The Kier molecular flexibility index (Phi) is 7.76. The van der Waals surface area contributed by atoms with Crippen molar-refractivity contribution >= 4 is 11.6 Å². The number of pyridine rings is 1. The Morgan fingerprint density at radius 3 is 2.26 bits per heavy atom. The Bertz CT molecular complexity index is 668. The number of hydrogen-bond donors (Lipinski definition) is 0. The summed E-state index contributed by atoms with van der Waals surface area (Å²) in [6.45, 7) is 4.72. The summed E-state index contributed by atoms with van der Waals surface area (Å²) in [7, 11) is 0. The lowest BCUT2D eigenvalue weighted by Gasteiger charge is -2.32. The Labute approximate surface area is 170 Å². The predicted octanol–water partition coefficient (Wildman–Crippen LogP) is 8.28. The van der Waals surface area contributed by atoms with Gasteiger partial charge in [-0.05, 0) is 53.9 Å². The van der Waals surface area contributed by atoms with Crippen molar-refractivity contribution < 1.29 is 0 Å². The van der Waals surface area contributed by atoms with E-state index in [1.54, 1.807) is 0 Å². The first-order chi connectivity index (χ1) is 13.2. The normalized spacial score (nSPS) is 21.1. The van der Waals surface area contributed by atoms with Gasteiger partial charge >= 0.3 is 0 Å². The van der Waals surface area contributed by atoms with Crippen LogP contribution in [0.4, 0.5) is 0 Å². The smallest absolute Gasteiger partial charge is 0.129 e. The number of hydrogen-bond acceptors (Lipinski definition) is 1. The lowest BCUT2D eigenvalue weighted by atomic mass is 9.73. The molecule has 1 unspecified atom stereocenters. The zero-order valence-corrected chi connectivity index (χ0v) is 17.7. The molecule has 1 aliphatic rings. The van der Waals surface area contributed by atoms with E-state index >= 15 is 0 Å². The lowest BCUT2D eigenvalue weighted by Crippen LogP contribution is -2.19. The summed E-state index contributed by atoms with van der Waals surface area (Å²) < 4.78 is 0. The molecule has 1 saturated carbocycles. The average Bonchev–Trinajstić information content (AvgIpc) is 2.72. The highest BCUT2D eigenvalue weighted by molar-refractivity contribution is 6.29. The van der Waals surface area contributed by atoms with Crippen LogP contribution in [0, 0.1) is 11.8 Å². The van der Waals surface area contributed by atoms with Crippen LogP contribution in [0.5, 0.6) is 0 Å². The molecule has 1 heterocycles. The fraction of sp³-hybridized carbons (Fsp3) is 0.560. The highest BCUT2D eigenvalue weighted by Gasteiger charge is 2.25. The Hall–Kier alpha value is -1.34. The average molecular weight is 384 g/mol. The van der Waals surface area contributed by atoms with E-state index in [2.05, 4.69) is 43.1 Å². The van der Waals surface area contributed by atoms with Crippen LogP contribution in [0.3, 0.4) is 0 Å². The first-order valence-corrected chi connectivity index (χ1v) is 11.3. The molecule has 0 saturated heterocycles. The minimum atomic E-state index is 0.546. The fourth-order valence-corrected chi connectivity index (χ4v) is 4.75. The van der Waals surface area contributed by atoms with Crippen molar-refractivity contribution in [3.05, 3.63) is 53.3 Å². The maximum atomic E-state index is 5.89. The molecule has 1 nitrogen and oxygen atoms in total. The van der Waals surface area contributed by atoms with Crippen molar-refractivity contribution in [1.29, 1.82) is 0 Å². The third-order valence-corrected chi connectivity index (χ3v) is 6.79. The van der Waals surface area contributed by atoms with Crippen LogP contribution < -0.4 is 0 Å². The maximum Gasteiger partial charge on any atom is 0.129 e. The molecule has 1 aliphatic carbocycles. The SMILES string of the molecule is CCCCCCC1CCC(C(C)c2ccc(-c3ccc(Cl)nc3)cc2)CC1. The Morgan fingerprint density at radius 2 is 1.63 bits per heavy atom. The minimum absolute atomic E-state index is 0.546. The van der Waals surface area contributed by atoms with Crippen LogP contribution in [0.1, 0.15) is 83.1 Å². The van der Waals surface area contributed by atoms with Gasteiger partial charge in [-0.2, -0.15) is 0 Å². The van der Waals surface area contributed by atoms with Gasteiger partial charge in [-0.1, -0.05) is 94.7 Å². The molecule has 0 amide bonds. The second-order valence-corrected chi connectivity index (χ2v) is 8.80. The molecule has 2 aromatic rings. The summed E-state index contributed by atoms with van der Waals surface area (Å²) in [6.07, 6.45) is 14.6. The Morgan fingerprint density at radius 1 is 0.926 bits per heavy atom. The summed E-state index contributed by atoms with van der Waals surface area (Å²) in [5.41, 5.74) is 3.82. The third-order valence-electron chi connectivity index (χ3n) is 6.56. The van der Waals surface area contributed by atoms with E-state index < -0.39 is 0 Å². The first kappa shape index (κ1) is 20.4. The van der Waals surface area contributed by atoms with Crippen molar-refractivity contribution in [1.82, 2.24) is 4.98 Å². The number of benzene rings is 1. The molecule has 2 heteroatoms. The second-order valence-electron chi connectivity index (χ2n) is 8.41. The standard InChI is InChI=1S/C25H34ClN/c1-3-4-5-6-7-20-8-10-21(11-9-20)19(2)22-12-14-23(15-13-22)24-16-17-25(26)27-18-24/h12-21H,3-11H2,1-2H3. The lowest BCUT2D eigenvalue weighted by molar-refractivity contribution is 0.236. The molecule has 146 valence electrons. The number of aromatic nitrogens is 1. The Balaban J connectivity index is 1.51. The number of unbranched alkanes of at least 4 members (excludes halogenated alkanes) is 3. The van der Waals surface area contributed by atoms with Gasteiger partial charge in [0.25, 0.3) is 0 Å². The molecular weight excluding hydrogens is 350 g/mol. The molecule has 1 fully saturated rings. The molecule has 0 N–H and O–H groups in total. The number of nitrogens with zero attached hydrogens (tertiary/aromatic N) is 1. The number of halogens is 1. The summed E-state index contributed by atoms with van der Waals surface area (Å²) in [5, 5.41) is 0.546. The maximum absolute atomic E-state index is 5.89. The predicted molar refractivity (Wildman–Crippen MR) is 117 cm³/mol. The van der Waals surface area contributed by atoms with Crippen LogP contribution in [0.25, 0.3) is 11.1 Å². The minimum Gasteiger partial charge on any atom is -0.244 e. The van der Waals surface area contributed by atoms with E-state index in [9.17, 15) is 0 Å².